The molecule has 1 aromatic heterocycles. The number of aromatic nitrogens is 2. The van der Waals surface area contributed by atoms with Gasteiger partial charge in [-0.15, -0.1) is 10.2 Å². The molecular weight excluding hydrogens is 512 g/mol. The topological polar surface area (TPSA) is 177 Å². The van der Waals surface area contributed by atoms with Crippen molar-refractivity contribution in [3.8, 4) is 11.6 Å². The van der Waals surface area contributed by atoms with Gasteiger partial charge in [0.2, 0.25) is 0 Å². The molecule has 0 aliphatic rings. The van der Waals surface area contributed by atoms with Gasteiger partial charge in [-0.3, -0.25) is 4.55 Å². The van der Waals surface area contributed by atoms with Gasteiger partial charge in [-0.05, 0) is 49.7 Å². The predicted molar refractivity (Wildman–Crippen MR) is 112 cm³/mol. The van der Waals surface area contributed by atoms with Crippen molar-refractivity contribution in [1.29, 1.82) is 0 Å². The molecule has 0 bridgehead atoms. The Morgan fingerprint density at radius 2 is 1.75 bits per heavy atom. The fraction of sp³-hybridized carbons (Fsp3) is 0.118. The Kier molecular flexibility index (Phi) is 8.11. The first-order valence-corrected chi connectivity index (χ1v) is 11.5. The molecule has 0 atom stereocenters. The third-order valence-electron chi connectivity index (χ3n) is 4.11. The van der Waals surface area contributed by atoms with E-state index >= 15 is 0 Å². The zero-order chi connectivity index (χ0) is 23.1. The molecule has 1 N–H and O–H groups in total. The summed E-state index contributed by atoms with van der Waals surface area (Å²) in [5.74, 6) is -0.798. The van der Waals surface area contributed by atoms with E-state index in [4.69, 9.17) is 11.6 Å². The fourth-order valence-electron chi connectivity index (χ4n) is 2.59. The number of hydrogen-bond acceptors (Lipinski definition) is 9. The van der Waals surface area contributed by atoms with E-state index in [1.54, 1.807) is 0 Å². The maximum atomic E-state index is 12.7. The van der Waals surface area contributed by atoms with Crippen LogP contribution in [-0.4, -0.2) is 73.5 Å². The Hall–Kier alpha value is -1.58. The second-order valence-corrected chi connectivity index (χ2v) is 9.52. The molecule has 0 fully saturated rings. The van der Waals surface area contributed by atoms with Crippen LogP contribution >= 0.6 is 11.6 Å². The van der Waals surface area contributed by atoms with Crippen LogP contribution in [0.25, 0.3) is 5.69 Å². The second kappa shape index (κ2) is 9.73. The van der Waals surface area contributed by atoms with Crippen LogP contribution in [0.5, 0.6) is 5.88 Å². The molecule has 3 rings (SSSR count). The third-order valence-corrected chi connectivity index (χ3v) is 6.24. The average molecular weight is 525 g/mol. The van der Waals surface area contributed by atoms with Crippen molar-refractivity contribution >= 4 is 81.0 Å². The summed E-state index contributed by atoms with van der Waals surface area (Å²) in [5, 5.41) is 24.3. The van der Waals surface area contributed by atoms with Gasteiger partial charge in [0.05, 0.1) is 16.3 Å². The molecule has 3 aromatic rings. The van der Waals surface area contributed by atoms with E-state index < -0.39 is 35.9 Å². The fourth-order valence-corrected chi connectivity index (χ4v) is 3.95. The molecule has 1 heterocycles. The smallest absolute Gasteiger partial charge is 0.857 e. The summed E-state index contributed by atoms with van der Waals surface area (Å²) >= 11 is 5.99. The third kappa shape index (κ3) is 5.66. The molecule has 0 aliphatic heterocycles. The Balaban J connectivity index is 0.00000363. The molecule has 0 unspecified atom stereocenters. The van der Waals surface area contributed by atoms with E-state index in [1.165, 1.54) is 26.0 Å². The van der Waals surface area contributed by atoms with E-state index in [2.05, 4.69) is 15.3 Å². The van der Waals surface area contributed by atoms with Gasteiger partial charge in [0.1, 0.15) is 26.4 Å². The zero-order valence-corrected chi connectivity index (χ0v) is 21.1. The average Bonchev–Trinajstić information content (AvgIpc) is 2.95. The molecule has 0 saturated carbocycles. The molecule has 15 heteroatoms. The molecule has 0 spiro atoms. The Morgan fingerprint density at radius 3 is 2.34 bits per heavy atom. The van der Waals surface area contributed by atoms with Crippen LogP contribution < -0.4 is 5.11 Å². The van der Waals surface area contributed by atoms with Crippen molar-refractivity contribution < 1.29 is 31.0 Å². The number of halogens is 1. The summed E-state index contributed by atoms with van der Waals surface area (Å²) in [7, 11) is -9.40. The number of rotatable bonds is 5. The number of azo groups is 1. The van der Waals surface area contributed by atoms with Crippen molar-refractivity contribution in [2.45, 2.75) is 23.6 Å². The molecule has 11 nitrogen and oxygen atoms in total. The second-order valence-electron chi connectivity index (χ2n) is 6.35. The van der Waals surface area contributed by atoms with Crippen molar-refractivity contribution in [2.24, 2.45) is 10.2 Å². The normalized spacial score (nSPS) is 12.2. The predicted octanol–water partition coefficient (Wildman–Crippen LogP) is 2.40. The summed E-state index contributed by atoms with van der Waals surface area (Å²) in [6.07, 6.45) is 0. The molecule has 0 saturated heterocycles. The van der Waals surface area contributed by atoms with Crippen molar-refractivity contribution in [2.75, 3.05) is 0 Å². The number of nitrogens with zero attached hydrogens (tertiary/aromatic N) is 4. The van der Waals surface area contributed by atoms with Crippen LogP contribution in [0.2, 0.25) is 5.02 Å². The Morgan fingerprint density at radius 1 is 1.09 bits per heavy atom. The van der Waals surface area contributed by atoms with Gasteiger partial charge in [0.15, 0.2) is 0 Å². The summed E-state index contributed by atoms with van der Waals surface area (Å²) in [5.41, 5.74) is -0.105. The van der Waals surface area contributed by atoms with Crippen molar-refractivity contribution in [3.05, 3.63) is 52.7 Å². The minimum atomic E-state index is -4.75. The van der Waals surface area contributed by atoms with Gasteiger partial charge >= 0.3 is 37.7 Å². The van der Waals surface area contributed by atoms with E-state index in [0.717, 1.165) is 28.9 Å². The molecule has 0 aliphatic carbocycles. The molecule has 164 valence electrons. The first-order chi connectivity index (χ1) is 14.3. The molecular formula is C17H13CaClN4O7S2. The number of aryl methyl sites for hydroxylation is 2. The van der Waals surface area contributed by atoms with Crippen LogP contribution in [0.3, 0.4) is 0 Å². The van der Waals surface area contributed by atoms with Gasteiger partial charge in [-0.2, -0.15) is 13.5 Å². The van der Waals surface area contributed by atoms with Crippen LogP contribution in [-0.2, 0) is 20.2 Å². The van der Waals surface area contributed by atoms with Gasteiger partial charge in [0.25, 0.3) is 10.1 Å². The standard InChI is InChI=1S/C17H15ClN4O7S2.Ca/c1-9-6-15(31(27,28)29)14(8-13(9)18)19-20-16-10(2)21-22(17(16)23)11-4-3-5-12(7-11)30(24,25)26;/h3-8,23H,1-2H3,(H,24,25,26)(H,27,28,29);/q;+2/p-2. The maximum Gasteiger partial charge on any atom is 2.00 e. The summed E-state index contributed by atoms with van der Waals surface area (Å²) in [4.78, 5) is -1.10. The molecule has 0 amide bonds. The number of benzene rings is 2. The van der Waals surface area contributed by atoms with Gasteiger partial charge < -0.3 is 9.66 Å². The largest absolute Gasteiger partial charge is 2.00 e. The first-order valence-electron chi connectivity index (χ1n) is 8.31. The minimum Gasteiger partial charge on any atom is -0.857 e. The van der Waals surface area contributed by atoms with Gasteiger partial charge in [-0.1, -0.05) is 17.7 Å². The zero-order valence-electron chi connectivity index (χ0n) is 16.6. The summed E-state index contributed by atoms with van der Waals surface area (Å²) in [6.45, 7) is 2.95. The summed E-state index contributed by atoms with van der Waals surface area (Å²) in [6, 6.07) is 6.95. The first kappa shape index (κ1) is 26.7. The van der Waals surface area contributed by atoms with Crippen LogP contribution in [0, 0.1) is 13.8 Å². The minimum absolute atomic E-state index is 0. The molecule has 0 radical (unpaired) electrons. The van der Waals surface area contributed by atoms with Gasteiger partial charge in [-0.25, -0.2) is 13.1 Å². The van der Waals surface area contributed by atoms with Crippen molar-refractivity contribution in [1.82, 2.24) is 9.78 Å². The van der Waals surface area contributed by atoms with Crippen LogP contribution in [0.4, 0.5) is 11.4 Å². The SMILES string of the molecule is Cc1cc(S(=O)(=O)O)c(N=Nc2c(C)nn(-c3cccc(S(=O)(=O)[O-])c3)c2[O-])cc1Cl.[Ca+2]. The van der Waals surface area contributed by atoms with E-state index in [1.807, 2.05) is 0 Å². The Labute approximate surface area is 218 Å². The molecule has 2 aromatic carbocycles. The summed E-state index contributed by atoms with van der Waals surface area (Å²) < 4.78 is 67.1. The van der Waals surface area contributed by atoms with Crippen LogP contribution in [0.1, 0.15) is 11.3 Å². The van der Waals surface area contributed by atoms with E-state index in [0.29, 0.717) is 5.56 Å². The Bertz CT molecular complexity index is 1440. The van der Waals surface area contributed by atoms with Crippen LogP contribution in [0.15, 0.2) is 56.4 Å². The van der Waals surface area contributed by atoms with Gasteiger partial charge in [0, 0.05) is 10.9 Å². The van der Waals surface area contributed by atoms with E-state index in [-0.39, 0.29) is 65.5 Å². The van der Waals surface area contributed by atoms with Crippen molar-refractivity contribution in [3.63, 3.8) is 0 Å². The maximum absolute atomic E-state index is 12.7. The van der Waals surface area contributed by atoms with E-state index in [9.17, 15) is 31.0 Å². The quantitative estimate of drug-likeness (QED) is 0.300. The monoisotopic (exact) mass is 524 g/mol. The molecule has 32 heavy (non-hydrogen) atoms. The number of hydrogen-bond donors (Lipinski definition) is 1.